The topological polar surface area (TPSA) is 69.6 Å². The summed E-state index contributed by atoms with van der Waals surface area (Å²) in [5.41, 5.74) is 0. The van der Waals surface area contributed by atoms with Crippen LogP contribution in [0.15, 0.2) is 0 Å². The molecule has 5 heteroatoms. The van der Waals surface area contributed by atoms with Gasteiger partial charge >= 0.3 is 0 Å². The zero-order valence-electron chi connectivity index (χ0n) is 17.1. The molecule has 0 rings (SSSR count). The Bertz CT molecular complexity index is 335. The van der Waals surface area contributed by atoms with Crippen LogP contribution in [-0.2, 0) is 4.79 Å². The van der Waals surface area contributed by atoms with Crippen LogP contribution in [0.25, 0.3) is 0 Å². The van der Waals surface area contributed by atoms with E-state index in [9.17, 15) is 9.90 Å². The fourth-order valence-corrected chi connectivity index (χ4v) is 3.35. The molecule has 0 aromatic rings. The van der Waals surface area contributed by atoms with E-state index in [2.05, 4.69) is 12.2 Å². The smallest absolute Gasteiger partial charge is 0.224 e. The third kappa shape index (κ3) is 12.4. The molecule has 150 valence electrons. The maximum atomic E-state index is 12.2. The number of rotatable bonds is 16. The van der Waals surface area contributed by atoms with E-state index in [0.717, 1.165) is 19.3 Å². The number of quaternary nitrogens is 1. The first kappa shape index (κ1) is 24.4. The molecule has 2 unspecified atom stereocenters. The summed E-state index contributed by atoms with van der Waals surface area (Å²) in [7, 11) is 3.96. The number of hydrogen-bond donors (Lipinski definition) is 3. The van der Waals surface area contributed by atoms with E-state index in [4.69, 9.17) is 5.11 Å². The van der Waals surface area contributed by atoms with Crippen molar-refractivity contribution in [3.8, 4) is 0 Å². The number of carbonyl (C=O) groups is 1. The normalized spacial score (nSPS) is 14.3. The van der Waals surface area contributed by atoms with Gasteiger partial charge in [0.25, 0.3) is 0 Å². The number of carbonyl (C=O) groups excluding carboxylic acids is 1. The highest BCUT2D eigenvalue weighted by molar-refractivity contribution is 5.75. The van der Waals surface area contributed by atoms with Gasteiger partial charge in [0, 0.05) is 12.8 Å². The van der Waals surface area contributed by atoms with Gasteiger partial charge in [0.05, 0.1) is 20.7 Å². The molecule has 2 atom stereocenters. The van der Waals surface area contributed by atoms with Crippen LogP contribution in [0.5, 0.6) is 0 Å². The minimum absolute atomic E-state index is 0.0349. The fourth-order valence-electron chi connectivity index (χ4n) is 3.35. The van der Waals surface area contributed by atoms with Crippen molar-refractivity contribution in [2.45, 2.75) is 96.7 Å². The molecule has 3 N–H and O–H groups in total. The minimum Gasteiger partial charge on any atom is -0.393 e. The monoisotopic (exact) mass is 359 g/mol. The summed E-state index contributed by atoms with van der Waals surface area (Å²) in [4.78, 5) is 12.2. The number of nitrogens with one attached hydrogen (secondary N) is 1. The van der Waals surface area contributed by atoms with Crippen molar-refractivity contribution in [1.82, 2.24) is 5.32 Å². The van der Waals surface area contributed by atoms with Gasteiger partial charge in [-0.15, -0.1) is 0 Å². The van der Waals surface area contributed by atoms with E-state index in [1.165, 1.54) is 44.9 Å². The van der Waals surface area contributed by atoms with Crippen LogP contribution < -0.4 is 5.32 Å². The lowest BCUT2D eigenvalue weighted by molar-refractivity contribution is -0.920. The van der Waals surface area contributed by atoms with Gasteiger partial charge in [-0.05, 0) is 6.42 Å². The van der Waals surface area contributed by atoms with Crippen LogP contribution in [-0.4, -0.2) is 60.1 Å². The summed E-state index contributed by atoms with van der Waals surface area (Å²) < 4.78 is 0.474. The highest BCUT2D eigenvalue weighted by atomic mass is 16.3. The molecular weight excluding hydrogens is 316 g/mol. The van der Waals surface area contributed by atoms with Crippen LogP contribution in [0.1, 0.15) is 84.5 Å². The number of amides is 1. The Hall–Kier alpha value is -0.650. The van der Waals surface area contributed by atoms with Crippen molar-refractivity contribution in [1.29, 1.82) is 0 Å². The van der Waals surface area contributed by atoms with Crippen LogP contribution in [0, 0.1) is 0 Å². The van der Waals surface area contributed by atoms with Gasteiger partial charge in [-0.25, -0.2) is 0 Å². The maximum absolute atomic E-state index is 12.2. The molecule has 0 radical (unpaired) electrons. The quantitative estimate of drug-likeness (QED) is 0.225. The molecule has 5 nitrogen and oxygen atoms in total. The summed E-state index contributed by atoms with van der Waals surface area (Å²) in [5, 5.41) is 21.8. The second kappa shape index (κ2) is 14.5. The number of likely N-dealkylation sites (N-methyl/N-ethyl adjacent to an activating group) is 1. The molecule has 0 aliphatic heterocycles. The predicted molar refractivity (Wildman–Crippen MR) is 104 cm³/mol. The summed E-state index contributed by atoms with van der Waals surface area (Å²) in [5.74, 6) is 0.0967. The van der Waals surface area contributed by atoms with Crippen LogP contribution in [0.3, 0.4) is 0 Å². The van der Waals surface area contributed by atoms with Crippen LogP contribution in [0.4, 0.5) is 0 Å². The zero-order valence-corrected chi connectivity index (χ0v) is 17.1. The van der Waals surface area contributed by atoms with E-state index in [1.54, 1.807) is 0 Å². The number of hydrogen-bond acceptors (Lipinski definition) is 3. The second-order valence-corrected chi connectivity index (χ2v) is 7.87. The van der Waals surface area contributed by atoms with E-state index in [0.29, 0.717) is 17.4 Å². The highest BCUT2D eigenvalue weighted by Gasteiger charge is 2.30. The molecule has 0 saturated heterocycles. The lowest BCUT2D eigenvalue weighted by Gasteiger charge is -2.39. The number of aliphatic hydroxyl groups is 2. The molecule has 0 bridgehead atoms. The Morgan fingerprint density at radius 2 is 1.48 bits per heavy atom. The largest absolute Gasteiger partial charge is 0.393 e. The molecular formula is C20H43N2O3+. The van der Waals surface area contributed by atoms with Crippen molar-refractivity contribution >= 4 is 5.91 Å². The second-order valence-electron chi connectivity index (χ2n) is 7.87. The van der Waals surface area contributed by atoms with Crippen molar-refractivity contribution in [3.05, 3.63) is 0 Å². The van der Waals surface area contributed by atoms with Gasteiger partial charge < -0.3 is 20.0 Å². The van der Waals surface area contributed by atoms with Gasteiger partial charge in [0.15, 0.2) is 6.17 Å². The summed E-state index contributed by atoms with van der Waals surface area (Å²) in [6, 6.07) is 0. The highest BCUT2D eigenvalue weighted by Crippen LogP contribution is 2.12. The third-order valence-electron chi connectivity index (χ3n) is 4.96. The summed E-state index contributed by atoms with van der Waals surface area (Å²) in [6.45, 7) is 4.45. The average Bonchev–Trinajstić information content (AvgIpc) is 2.57. The number of unbranched alkanes of at least 4 members (excludes halogenated alkanes) is 8. The third-order valence-corrected chi connectivity index (χ3v) is 4.96. The first-order valence-corrected chi connectivity index (χ1v) is 10.3. The van der Waals surface area contributed by atoms with Gasteiger partial charge in [0.2, 0.25) is 5.91 Å². The van der Waals surface area contributed by atoms with Crippen LogP contribution in [0.2, 0.25) is 0 Å². The van der Waals surface area contributed by atoms with Crippen molar-refractivity contribution in [2.75, 3.05) is 27.2 Å². The number of nitrogens with zero attached hydrogens (tertiary/aromatic N) is 1. The first-order chi connectivity index (χ1) is 11.9. The molecule has 0 aromatic carbocycles. The van der Waals surface area contributed by atoms with Gasteiger partial charge in [-0.3, -0.25) is 4.79 Å². The molecule has 0 heterocycles. The van der Waals surface area contributed by atoms with Gasteiger partial charge in [-0.2, -0.15) is 0 Å². The van der Waals surface area contributed by atoms with Crippen molar-refractivity contribution < 1.29 is 19.5 Å². The zero-order chi connectivity index (χ0) is 19.1. The maximum Gasteiger partial charge on any atom is 0.224 e. The summed E-state index contributed by atoms with van der Waals surface area (Å²) in [6.07, 6.45) is 11.8. The van der Waals surface area contributed by atoms with E-state index >= 15 is 0 Å². The lowest BCUT2D eigenvalue weighted by atomic mass is 10.1. The molecule has 0 spiro atoms. The first-order valence-electron chi connectivity index (χ1n) is 10.3. The molecule has 1 amide bonds. The standard InChI is InChI=1S/C20H42N2O3/c1-5-7-8-9-10-11-12-13-14-15-20(25)21-19(6-2)22(3,4)16-18(24)17-23/h18-19,23-24H,5-17H2,1-4H3/p+1. The number of aliphatic hydroxyl groups excluding tert-OH is 2. The fraction of sp³-hybridized carbons (Fsp3) is 0.950. The minimum atomic E-state index is -0.752. The lowest BCUT2D eigenvalue weighted by Crippen LogP contribution is -2.60. The molecule has 0 aliphatic rings. The molecule has 0 fully saturated rings. The Morgan fingerprint density at radius 3 is 1.96 bits per heavy atom. The molecule has 25 heavy (non-hydrogen) atoms. The Balaban J connectivity index is 3.91. The Labute approximate surface area is 155 Å². The van der Waals surface area contributed by atoms with Gasteiger partial charge in [-0.1, -0.05) is 65.2 Å². The van der Waals surface area contributed by atoms with E-state index in [1.807, 2.05) is 21.0 Å². The SMILES string of the molecule is CCCCCCCCCCCC(=O)NC(CC)[N+](C)(C)CC(O)CO. The molecule has 0 aromatic heterocycles. The van der Waals surface area contributed by atoms with Crippen molar-refractivity contribution in [3.63, 3.8) is 0 Å². The Morgan fingerprint density at radius 1 is 0.960 bits per heavy atom. The Kier molecular flexibility index (Phi) is 14.1. The average molecular weight is 360 g/mol. The van der Waals surface area contributed by atoms with Crippen molar-refractivity contribution in [2.24, 2.45) is 0 Å². The molecule has 0 saturated carbocycles. The summed E-state index contributed by atoms with van der Waals surface area (Å²) >= 11 is 0. The van der Waals surface area contributed by atoms with Gasteiger partial charge in [0.1, 0.15) is 12.6 Å². The van der Waals surface area contributed by atoms with E-state index < -0.39 is 6.10 Å². The molecule has 0 aliphatic carbocycles. The van der Waals surface area contributed by atoms with E-state index in [-0.39, 0.29) is 18.7 Å². The van der Waals surface area contributed by atoms with Crippen LogP contribution >= 0.6 is 0 Å². The predicted octanol–water partition coefficient (Wildman–Crippen LogP) is 3.19.